The van der Waals surface area contributed by atoms with Crippen LogP contribution in [0.5, 0.6) is 11.5 Å². The fourth-order valence-electron chi connectivity index (χ4n) is 3.38. The van der Waals surface area contributed by atoms with Crippen molar-refractivity contribution >= 4 is 11.6 Å². The monoisotopic (exact) mass is 338 g/mol. The van der Waals surface area contributed by atoms with E-state index in [1.54, 1.807) is 0 Å². The second kappa shape index (κ2) is 6.76. The first-order chi connectivity index (χ1) is 12.2. The number of amides is 1. The highest BCUT2D eigenvalue weighted by Crippen LogP contribution is 2.32. The molecule has 0 aromatic heterocycles. The molecule has 2 aliphatic heterocycles. The van der Waals surface area contributed by atoms with E-state index in [1.165, 1.54) is 11.1 Å². The van der Waals surface area contributed by atoms with Gasteiger partial charge in [0.2, 0.25) is 5.91 Å². The number of rotatable bonds is 3. The second-order valence-electron chi connectivity index (χ2n) is 6.51. The Morgan fingerprint density at radius 1 is 1.08 bits per heavy atom. The molecule has 0 fully saturated rings. The summed E-state index contributed by atoms with van der Waals surface area (Å²) in [5.74, 6) is 1.41. The van der Waals surface area contributed by atoms with Gasteiger partial charge < -0.3 is 14.8 Å². The zero-order valence-electron chi connectivity index (χ0n) is 14.3. The van der Waals surface area contributed by atoms with Gasteiger partial charge in [-0.1, -0.05) is 24.3 Å². The van der Waals surface area contributed by atoms with Crippen LogP contribution in [0.4, 0.5) is 5.69 Å². The molecule has 5 nitrogen and oxygen atoms in total. The van der Waals surface area contributed by atoms with Gasteiger partial charge in [0.25, 0.3) is 0 Å². The molecule has 2 aromatic rings. The van der Waals surface area contributed by atoms with E-state index in [0.717, 1.165) is 30.9 Å². The van der Waals surface area contributed by atoms with Crippen LogP contribution in [0.15, 0.2) is 42.5 Å². The summed E-state index contributed by atoms with van der Waals surface area (Å²) in [7, 11) is 0. The van der Waals surface area contributed by atoms with Crippen LogP contribution in [0.1, 0.15) is 18.1 Å². The SMILES string of the molecule is C[C@H](C(=O)Nc1ccc2c(c1)OCCO2)N1CCc2ccccc2C1. The summed E-state index contributed by atoms with van der Waals surface area (Å²) in [5.41, 5.74) is 3.43. The first-order valence-corrected chi connectivity index (χ1v) is 8.72. The number of carbonyl (C=O) groups excluding carboxylic acids is 1. The Bertz CT molecular complexity index is 790. The molecule has 1 N–H and O–H groups in total. The van der Waals surface area contributed by atoms with E-state index in [-0.39, 0.29) is 11.9 Å². The van der Waals surface area contributed by atoms with Crippen molar-refractivity contribution in [1.82, 2.24) is 4.90 Å². The molecule has 5 heteroatoms. The lowest BCUT2D eigenvalue weighted by atomic mass is 9.99. The van der Waals surface area contributed by atoms with E-state index in [0.29, 0.717) is 19.0 Å². The van der Waals surface area contributed by atoms with Crippen LogP contribution in [-0.2, 0) is 17.8 Å². The quantitative estimate of drug-likeness (QED) is 0.935. The molecule has 0 bridgehead atoms. The average molecular weight is 338 g/mol. The third-order valence-electron chi connectivity index (χ3n) is 4.90. The van der Waals surface area contributed by atoms with Gasteiger partial charge in [0.1, 0.15) is 13.2 Å². The second-order valence-corrected chi connectivity index (χ2v) is 6.51. The van der Waals surface area contributed by atoms with Gasteiger partial charge in [0.05, 0.1) is 6.04 Å². The fraction of sp³-hybridized carbons (Fsp3) is 0.350. The minimum Gasteiger partial charge on any atom is -0.486 e. The first-order valence-electron chi connectivity index (χ1n) is 8.72. The molecule has 0 radical (unpaired) electrons. The molecule has 0 saturated carbocycles. The van der Waals surface area contributed by atoms with Crippen LogP contribution in [0.2, 0.25) is 0 Å². The van der Waals surface area contributed by atoms with E-state index in [9.17, 15) is 4.79 Å². The summed E-state index contributed by atoms with van der Waals surface area (Å²) >= 11 is 0. The number of ether oxygens (including phenoxy) is 2. The summed E-state index contributed by atoms with van der Waals surface area (Å²) in [6.45, 7) is 4.76. The van der Waals surface area contributed by atoms with Crippen molar-refractivity contribution in [3.05, 3.63) is 53.6 Å². The summed E-state index contributed by atoms with van der Waals surface area (Å²) in [6.07, 6.45) is 0.984. The smallest absolute Gasteiger partial charge is 0.241 e. The third-order valence-corrected chi connectivity index (χ3v) is 4.90. The molecular formula is C20H22N2O3. The van der Waals surface area contributed by atoms with Crippen molar-refractivity contribution in [2.24, 2.45) is 0 Å². The number of benzene rings is 2. The highest BCUT2D eigenvalue weighted by atomic mass is 16.6. The zero-order valence-corrected chi connectivity index (χ0v) is 14.3. The molecule has 0 saturated heterocycles. The van der Waals surface area contributed by atoms with Crippen LogP contribution in [0.3, 0.4) is 0 Å². The molecule has 1 atom stereocenters. The van der Waals surface area contributed by atoms with Crippen LogP contribution in [0.25, 0.3) is 0 Å². The van der Waals surface area contributed by atoms with Gasteiger partial charge in [0, 0.05) is 24.8 Å². The molecule has 0 unspecified atom stereocenters. The lowest BCUT2D eigenvalue weighted by Gasteiger charge is -2.33. The Balaban J connectivity index is 1.43. The standard InChI is InChI=1S/C20H22N2O3/c1-14(22-9-8-15-4-2-3-5-16(15)13-22)20(23)21-17-6-7-18-19(12-17)25-11-10-24-18/h2-7,12,14H,8-11,13H2,1H3,(H,21,23)/t14-/m1/s1. The molecule has 1 amide bonds. The summed E-state index contributed by atoms with van der Waals surface area (Å²) in [5, 5.41) is 3.00. The molecule has 25 heavy (non-hydrogen) atoms. The summed E-state index contributed by atoms with van der Waals surface area (Å²) < 4.78 is 11.1. The topological polar surface area (TPSA) is 50.8 Å². The van der Waals surface area contributed by atoms with Crippen molar-refractivity contribution in [2.75, 3.05) is 25.1 Å². The van der Waals surface area contributed by atoms with Gasteiger partial charge in [0.15, 0.2) is 11.5 Å². The number of carbonyl (C=O) groups is 1. The summed E-state index contributed by atoms with van der Waals surface area (Å²) in [6, 6.07) is 13.8. The zero-order chi connectivity index (χ0) is 17.2. The number of hydrogen-bond acceptors (Lipinski definition) is 4. The van der Waals surface area contributed by atoms with Crippen LogP contribution in [-0.4, -0.2) is 36.6 Å². The van der Waals surface area contributed by atoms with Gasteiger partial charge >= 0.3 is 0 Å². The van der Waals surface area contributed by atoms with Crippen molar-refractivity contribution in [2.45, 2.75) is 25.9 Å². The minimum atomic E-state index is -0.193. The highest BCUT2D eigenvalue weighted by molar-refractivity contribution is 5.94. The maximum absolute atomic E-state index is 12.7. The first kappa shape index (κ1) is 16.0. The van der Waals surface area contributed by atoms with Gasteiger partial charge in [-0.3, -0.25) is 9.69 Å². The predicted molar refractivity (Wildman–Crippen MR) is 96.1 cm³/mol. The van der Waals surface area contributed by atoms with Gasteiger partial charge in [-0.15, -0.1) is 0 Å². The van der Waals surface area contributed by atoms with E-state index >= 15 is 0 Å². The lowest BCUT2D eigenvalue weighted by Crippen LogP contribution is -2.44. The Kier molecular flexibility index (Phi) is 4.32. The minimum absolute atomic E-state index is 0.00365. The molecular weight excluding hydrogens is 316 g/mol. The van der Waals surface area contributed by atoms with E-state index in [1.807, 2.05) is 25.1 Å². The summed E-state index contributed by atoms with van der Waals surface area (Å²) in [4.78, 5) is 14.9. The Morgan fingerprint density at radius 3 is 2.68 bits per heavy atom. The fourth-order valence-corrected chi connectivity index (χ4v) is 3.38. The molecule has 2 aliphatic rings. The molecule has 2 aromatic carbocycles. The van der Waals surface area contributed by atoms with Gasteiger partial charge in [-0.2, -0.15) is 0 Å². The normalized spacial score (nSPS) is 17.5. The third kappa shape index (κ3) is 3.33. The number of anilines is 1. The Morgan fingerprint density at radius 2 is 1.84 bits per heavy atom. The van der Waals surface area contributed by atoms with E-state index < -0.39 is 0 Å². The molecule has 2 heterocycles. The van der Waals surface area contributed by atoms with Crippen LogP contribution < -0.4 is 14.8 Å². The Labute approximate surface area is 147 Å². The number of nitrogens with zero attached hydrogens (tertiary/aromatic N) is 1. The van der Waals surface area contributed by atoms with E-state index in [2.05, 4.69) is 34.5 Å². The maximum Gasteiger partial charge on any atom is 0.241 e. The van der Waals surface area contributed by atoms with Gasteiger partial charge in [-0.25, -0.2) is 0 Å². The van der Waals surface area contributed by atoms with Crippen LogP contribution in [0, 0.1) is 0 Å². The Hall–Kier alpha value is -2.53. The van der Waals surface area contributed by atoms with E-state index in [4.69, 9.17) is 9.47 Å². The largest absolute Gasteiger partial charge is 0.486 e. The molecule has 4 rings (SSSR count). The van der Waals surface area contributed by atoms with Crippen molar-refractivity contribution in [3.63, 3.8) is 0 Å². The highest BCUT2D eigenvalue weighted by Gasteiger charge is 2.25. The maximum atomic E-state index is 12.7. The number of hydrogen-bond donors (Lipinski definition) is 1. The lowest BCUT2D eigenvalue weighted by molar-refractivity contribution is -0.121. The van der Waals surface area contributed by atoms with Crippen molar-refractivity contribution < 1.29 is 14.3 Å². The molecule has 0 aliphatic carbocycles. The van der Waals surface area contributed by atoms with Gasteiger partial charge in [-0.05, 0) is 36.6 Å². The van der Waals surface area contributed by atoms with Crippen molar-refractivity contribution in [3.8, 4) is 11.5 Å². The number of nitrogens with one attached hydrogen (secondary N) is 1. The number of fused-ring (bicyclic) bond motifs is 2. The van der Waals surface area contributed by atoms with Crippen LogP contribution >= 0.6 is 0 Å². The van der Waals surface area contributed by atoms with Crippen molar-refractivity contribution in [1.29, 1.82) is 0 Å². The molecule has 0 spiro atoms. The predicted octanol–water partition coefficient (Wildman–Crippen LogP) is 2.84. The average Bonchev–Trinajstić information content (AvgIpc) is 2.67. The molecule has 130 valence electrons.